The second kappa shape index (κ2) is 13.2. The van der Waals surface area contributed by atoms with Crippen molar-refractivity contribution in [3.63, 3.8) is 0 Å². The maximum atomic E-state index is 5.21. The van der Waals surface area contributed by atoms with E-state index in [0.29, 0.717) is 5.82 Å². The average Bonchev–Trinajstić information content (AvgIpc) is 3.57. The first kappa shape index (κ1) is 32.6. The van der Waals surface area contributed by atoms with Gasteiger partial charge in [0.1, 0.15) is 0 Å². The Hall–Kier alpha value is -6.81. The van der Waals surface area contributed by atoms with Crippen LogP contribution in [0.4, 0.5) is 0 Å². The van der Waals surface area contributed by atoms with E-state index in [-0.39, 0.29) is 0 Å². The predicted molar refractivity (Wildman–Crippen MR) is 231 cm³/mol. The van der Waals surface area contributed by atoms with Crippen LogP contribution < -0.4 is 0 Å². The van der Waals surface area contributed by atoms with Gasteiger partial charge in [0.2, 0.25) is 0 Å². The summed E-state index contributed by atoms with van der Waals surface area (Å²) in [5.74, 6) is 0.703. The molecule has 2 heterocycles. The Balaban J connectivity index is 1.04. The van der Waals surface area contributed by atoms with E-state index in [4.69, 9.17) is 9.97 Å². The summed E-state index contributed by atoms with van der Waals surface area (Å²) in [7, 11) is 0. The molecule has 2 nitrogen and oxygen atoms in total. The van der Waals surface area contributed by atoms with Crippen molar-refractivity contribution in [2.45, 2.75) is 15.2 Å². The first-order valence-corrected chi connectivity index (χ1v) is 19.9. The van der Waals surface area contributed by atoms with Crippen molar-refractivity contribution in [3.05, 3.63) is 229 Å². The molecule has 0 atom stereocenters. The summed E-state index contributed by atoms with van der Waals surface area (Å²) in [6.45, 7) is 0. The maximum absolute atomic E-state index is 5.21. The van der Waals surface area contributed by atoms with Crippen molar-refractivity contribution in [2.24, 2.45) is 0 Å². The van der Waals surface area contributed by atoms with Gasteiger partial charge in [-0.05, 0) is 73.8 Å². The van der Waals surface area contributed by atoms with Crippen LogP contribution in [0.15, 0.2) is 216 Å². The second-order valence-electron chi connectivity index (χ2n) is 14.5. The molecular formula is C53H34N2S. The third-order valence-electron chi connectivity index (χ3n) is 11.4. The Kier molecular flexibility index (Phi) is 7.68. The molecule has 0 bridgehead atoms. The summed E-state index contributed by atoms with van der Waals surface area (Å²) < 4.78 is 0. The smallest absolute Gasteiger partial charge is 0.160 e. The van der Waals surface area contributed by atoms with Gasteiger partial charge < -0.3 is 0 Å². The fraction of sp³-hybridized carbons (Fsp3) is 0.0189. The van der Waals surface area contributed by atoms with Gasteiger partial charge in [-0.25, -0.2) is 9.97 Å². The topological polar surface area (TPSA) is 25.8 Å². The number of rotatable bonds is 5. The first-order valence-electron chi connectivity index (χ1n) is 19.1. The Bertz CT molecular complexity index is 2890. The van der Waals surface area contributed by atoms with Crippen LogP contribution in [0.5, 0.6) is 0 Å². The van der Waals surface area contributed by atoms with Gasteiger partial charge in [0.15, 0.2) is 5.82 Å². The molecule has 11 rings (SSSR count). The van der Waals surface area contributed by atoms with E-state index < -0.39 is 5.41 Å². The van der Waals surface area contributed by atoms with Gasteiger partial charge in [-0.15, -0.1) is 0 Å². The van der Waals surface area contributed by atoms with Crippen LogP contribution in [-0.4, -0.2) is 9.97 Å². The third-order valence-corrected chi connectivity index (χ3v) is 12.6. The lowest BCUT2D eigenvalue weighted by Gasteiger charge is -2.40. The van der Waals surface area contributed by atoms with E-state index in [0.717, 1.165) is 33.6 Å². The number of hydrogen-bond acceptors (Lipinski definition) is 3. The molecule has 9 aromatic rings. The van der Waals surface area contributed by atoms with Crippen LogP contribution in [0.3, 0.4) is 0 Å². The van der Waals surface area contributed by atoms with Gasteiger partial charge in [0.05, 0.1) is 16.8 Å². The Labute approximate surface area is 331 Å². The van der Waals surface area contributed by atoms with Crippen LogP contribution in [0.2, 0.25) is 0 Å². The number of hydrogen-bond donors (Lipinski definition) is 0. The van der Waals surface area contributed by atoms with Gasteiger partial charge in [0.25, 0.3) is 0 Å². The fourth-order valence-corrected chi connectivity index (χ4v) is 10.2. The summed E-state index contributed by atoms with van der Waals surface area (Å²) in [4.78, 5) is 13.0. The highest BCUT2D eigenvalue weighted by molar-refractivity contribution is 7.99. The van der Waals surface area contributed by atoms with Crippen molar-refractivity contribution < 1.29 is 0 Å². The maximum Gasteiger partial charge on any atom is 0.160 e. The highest BCUT2D eigenvalue weighted by Gasteiger charge is 2.50. The zero-order valence-electron chi connectivity index (χ0n) is 30.4. The summed E-state index contributed by atoms with van der Waals surface area (Å²) in [6.07, 6.45) is 0. The molecule has 0 unspecified atom stereocenters. The minimum absolute atomic E-state index is 0.403. The molecule has 262 valence electrons. The van der Waals surface area contributed by atoms with Crippen LogP contribution in [0.1, 0.15) is 22.3 Å². The average molecular weight is 731 g/mol. The van der Waals surface area contributed by atoms with Gasteiger partial charge in [-0.2, -0.15) is 0 Å². The van der Waals surface area contributed by atoms with Crippen molar-refractivity contribution in [3.8, 4) is 67.3 Å². The number of aromatic nitrogens is 2. The molecule has 0 radical (unpaired) electrons. The lowest BCUT2D eigenvalue weighted by molar-refractivity contribution is 0.723. The van der Waals surface area contributed by atoms with E-state index in [2.05, 4.69) is 200 Å². The summed E-state index contributed by atoms with van der Waals surface area (Å²) in [5.41, 5.74) is 17.2. The minimum Gasteiger partial charge on any atom is -0.228 e. The molecule has 1 spiro atoms. The molecule has 0 saturated carbocycles. The molecule has 1 aromatic heterocycles. The van der Waals surface area contributed by atoms with E-state index in [1.54, 1.807) is 0 Å². The SMILES string of the molecule is c1ccc(-c2cccc(-c3cc(-c4ccccc4)nc(-c4ccc(-c5cccc6c5Sc5ccccc5C65c6ccccc6-c6ccccc65)cc4)n3)c2)cc1. The van der Waals surface area contributed by atoms with Gasteiger partial charge in [0, 0.05) is 26.5 Å². The molecule has 1 aliphatic carbocycles. The van der Waals surface area contributed by atoms with Crippen LogP contribution in [0.25, 0.3) is 67.3 Å². The number of benzene rings is 8. The van der Waals surface area contributed by atoms with Crippen molar-refractivity contribution >= 4 is 11.8 Å². The third kappa shape index (κ3) is 5.12. The van der Waals surface area contributed by atoms with Crippen molar-refractivity contribution in [1.82, 2.24) is 9.97 Å². The molecule has 56 heavy (non-hydrogen) atoms. The Morgan fingerprint density at radius 3 is 1.54 bits per heavy atom. The molecular weight excluding hydrogens is 697 g/mol. The quantitative estimate of drug-likeness (QED) is 0.176. The molecule has 0 amide bonds. The zero-order valence-corrected chi connectivity index (χ0v) is 31.2. The van der Waals surface area contributed by atoms with Crippen LogP contribution in [-0.2, 0) is 5.41 Å². The highest BCUT2D eigenvalue weighted by atomic mass is 32.2. The van der Waals surface area contributed by atoms with E-state index in [1.165, 1.54) is 59.9 Å². The standard InChI is InChI=1S/C53H34N2S/c1-3-15-35(16-4-1)39-19-13-20-40(33-39)49-34-48(37-17-5-2-6-18-37)54-52(55-49)38-31-29-36(30-32-38)41-23-14-27-47-51(41)56-50-28-12-11-26-46(50)53(47)44-24-9-7-21-42(44)43-22-8-10-25-45(43)53/h1-34H. The lowest BCUT2D eigenvalue weighted by atomic mass is 9.67. The van der Waals surface area contributed by atoms with Crippen LogP contribution in [0, 0.1) is 0 Å². The van der Waals surface area contributed by atoms with Gasteiger partial charge in [-0.1, -0.05) is 200 Å². The predicted octanol–water partition coefficient (Wildman–Crippen LogP) is 13.6. The Morgan fingerprint density at radius 2 is 0.821 bits per heavy atom. The van der Waals surface area contributed by atoms with Gasteiger partial charge in [-0.3, -0.25) is 0 Å². The van der Waals surface area contributed by atoms with E-state index >= 15 is 0 Å². The second-order valence-corrected chi connectivity index (χ2v) is 15.5. The molecule has 2 aliphatic rings. The molecule has 8 aromatic carbocycles. The minimum atomic E-state index is -0.403. The largest absolute Gasteiger partial charge is 0.228 e. The number of fused-ring (bicyclic) bond motifs is 9. The highest BCUT2D eigenvalue weighted by Crippen LogP contribution is 2.63. The van der Waals surface area contributed by atoms with Crippen molar-refractivity contribution in [1.29, 1.82) is 0 Å². The molecule has 0 saturated heterocycles. The summed E-state index contributed by atoms with van der Waals surface area (Å²) >= 11 is 1.89. The summed E-state index contributed by atoms with van der Waals surface area (Å²) in [5, 5.41) is 0. The number of nitrogens with zero attached hydrogens (tertiary/aromatic N) is 2. The van der Waals surface area contributed by atoms with E-state index in [9.17, 15) is 0 Å². The van der Waals surface area contributed by atoms with Crippen LogP contribution >= 0.6 is 11.8 Å². The van der Waals surface area contributed by atoms with Gasteiger partial charge >= 0.3 is 0 Å². The summed E-state index contributed by atoms with van der Waals surface area (Å²) in [6, 6.07) is 74.3. The molecule has 1 aliphatic heterocycles. The van der Waals surface area contributed by atoms with E-state index in [1.807, 2.05) is 17.8 Å². The lowest BCUT2D eigenvalue weighted by Crippen LogP contribution is -2.32. The molecule has 3 heteroatoms. The fourth-order valence-electron chi connectivity index (χ4n) is 8.87. The zero-order chi connectivity index (χ0) is 37.1. The monoisotopic (exact) mass is 730 g/mol. The molecule has 0 fully saturated rings. The van der Waals surface area contributed by atoms with Crippen molar-refractivity contribution in [2.75, 3.05) is 0 Å². The Morgan fingerprint density at radius 1 is 0.321 bits per heavy atom. The normalized spacial score (nSPS) is 13.1. The molecule has 0 N–H and O–H groups in total. The first-order chi connectivity index (χ1) is 27.8.